The Kier molecular flexibility index (Phi) is 9.55. The van der Waals surface area contributed by atoms with E-state index in [0.717, 1.165) is 20.8 Å². The largest absolute Gasteiger partial charge is 1.00 e. The van der Waals surface area contributed by atoms with E-state index in [0.29, 0.717) is 38.9 Å². The van der Waals surface area contributed by atoms with Crippen LogP contribution in [0.3, 0.4) is 0 Å². The van der Waals surface area contributed by atoms with Crippen molar-refractivity contribution in [1.82, 2.24) is 3.98 Å². The van der Waals surface area contributed by atoms with Crippen LogP contribution in [0.5, 0.6) is 0 Å². The summed E-state index contributed by atoms with van der Waals surface area (Å²) in [5.74, 6) is 0.169. The number of nitrogens with one attached hydrogen (secondary N) is 1. The fourth-order valence-electron chi connectivity index (χ4n) is 5.92. The number of para-hydroxylation sites is 2. The van der Waals surface area contributed by atoms with Crippen LogP contribution in [-0.2, 0) is 20.4 Å². The van der Waals surface area contributed by atoms with Gasteiger partial charge in [0.05, 0.1) is 11.0 Å². The van der Waals surface area contributed by atoms with E-state index in [1.165, 1.54) is 24.3 Å². The fraction of sp³-hybridized carbons (Fsp3) is 0.114. The molecule has 0 fully saturated rings. The first-order valence-corrected chi connectivity index (χ1v) is 17.1. The first-order valence-electron chi connectivity index (χ1n) is 14.3. The molecule has 6 rings (SSSR count). The molecule has 2 aliphatic rings. The molecule has 0 bridgehead atoms. The van der Waals surface area contributed by atoms with Crippen LogP contribution in [0.4, 0.5) is 17.1 Å². The summed E-state index contributed by atoms with van der Waals surface area (Å²) >= 11 is 0. The second-order valence-electron chi connectivity index (χ2n) is 11.2. The van der Waals surface area contributed by atoms with Gasteiger partial charge in [-0.05, 0) is 63.1 Å². The van der Waals surface area contributed by atoms with Crippen LogP contribution in [-0.4, -0.2) is 25.9 Å². The first kappa shape index (κ1) is 34.5. The second-order valence-corrected chi connectivity index (χ2v) is 13.7. The average molecular weight is 677 g/mol. The molecule has 9 nitrogen and oxygen atoms in total. The molecule has 12 heteroatoms. The van der Waals surface area contributed by atoms with Gasteiger partial charge in [0.1, 0.15) is 21.5 Å². The van der Waals surface area contributed by atoms with Gasteiger partial charge in [0.15, 0.2) is 0 Å². The van der Waals surface area contributed by atoms with Crippen LogP contribution in [0.25, 0.3) is 33.4 Å². The predicted octanol–water partition coefficient (Wildman–Crippen LogP) is 3.65. The maximum atomic E-state index is 12.7. The third-order valence-electron chi connectivity index (χ3n) is 7.98. The number of rotatable bonds is 6. The number of aryl methyl sites for hydroxylation is 4. The van der Waals surface area contributed by atoms with E-state index < -0.39 is 25.3 Å². The monoisotopic (exact) mass is 676 g/mol. The Morgan fingerprint density at radius 3 is 1.91 bits per heavy atom. The van der Waals surface area contributed by atoms with Crippen molar-refractivity contribution in [2.24, 2.45) is 0 Å². The summed E-state index contributed by atoms with van der Waals surface area (Å²) in [6.45, 7) is 7.39. The zero-order valence-electron chi connectivity index (χ0n) is 26.4. The maximum Gasteiger partial charge on any atom is 1.00 e. The van der Waals surface area contributed by atoms with Crippen molar-refractivity contribution >= 4 is 48.5 Å². The molecule has 0 saturated heterocycles. The van der Waals surface area contributed by atoms with Crippen LogP contribution in [0.2, 0.25) is 0 Å². The number of hydrogen-bond acceptors (Lipinski definition) is 8. The Morgan fingerprint density at radius 2 is 1.30 bits per heavy atom. The van der Waals surface area contributed by atoms with Gasteiger partial charge in [-0.2, -0.15) is 8.42 Å². The Hall–Kier alpha value is -3.81. The molecule has 1 aliphatic heterocycles. The molecule has 0 spiro atoms. The zero-order valence-corrected chi connectivity index (χ0v) is 30.0. The number of nitrogens with zero attached hydrogens (tertiary/aromatic N) is 1. The molecular weight excluding hydrogens is 648 g/mol. The van der Waals surface area contributed by atoms with E-state index in [9.17, 15) is 25.9 Å². The van der Waals surface area contributed by atoms with Gasteiger partial charge in [-0.1, -0.05) is 58.6 Å². The minimum atomic E-state index is -5.05. The molecule has 0 radical (unpaired) electrons. The van der Waals surface area contributed by atoms with E-state index in [1.54, 1.807) is 62.4 Å². The minimum absolute atomic E-state index is 0. The summed E-state index contributed by atoms with van der Waals surface area (Å²) in [6, 6.07) is 26.8. The van der Waals surface area contributed by atoms with Crippen molar-refractivity contribution in [3.8, 4) is 22.5 Å². The number of benzene rings is 5. The maximum absolute atomic E-state index is 12.7. The molecule has 4 aromatic carbocycles. The van der Waals surface area contributed by atoms with Crippen molar-refractivity contribution in [3.05, 3.63) is 125 Å². The summed E-state index contributed by atoms with van der Waals surface area (Å²) < 4.78 is 82.5. The molecule has 0 amide bonds. The van der Waals surface area contributed by atoms with Gasteiger partial charge in [-0.3, -0.25) is 0 Å². The number of fused-ring (bicyclic) bond motifs is 2. The van der Waals surface area contributed by atoms with E-state index >= 15 is 0 Å². The molecule has 0 aromatic heterocycles. The summed E-state index contributed by atoms with van der Waals surface area (Å²) in [4.78, 5) is -0.412. The molecule has 0 atom stereocenters. The van der Waals surface area contributed by atoms with Gasteiger partial charge < -0.3 is 18.8 Å². The molecule has 1 heterocycles. The average Bonchev–Trinajstić information content (AvgIpc) is 2.98. The van der Waals surface area contributed by atoms with Gasteiger partial charge in [-0.15, -0.1) is 0 Å². The zero-order chi connectivity index (χ0) is 33.0. The molecule has 234 valence electrons. The fourth-order valence-corrected chi connectivity index (χ4v) is 7.48. The van der Waals surface area contributed by atoms with Crippen molar-refractivity contribution in [2.45, 2.75) is 32.6 Å². The second kappa shape index (κ2) is 13.0. The van der Waals surface area contributed by atoms with Crippen molar-refractivity contribution in [3.63, 3.8) is 0 Å². The van der Waals surface area contributed by atoms with E-state index in [-0.39, 0.29) is 51.9 Å². The Morgan fingerprint density at radius 1 is 0.681 bits per heavy atom. The molecule has 1 aliphatic carbocycles. The van der Waals surface area contributed by atoms with Crippen molar-refractivity contribution < 1.29 is 59.9 Å². The van der Waals surface area contributed by atoms with E-state index in [4.69, 9.17) is 4.42 Å². The van der Waals surface area contributed by atoms with Gasteiger partial charge >= 0.3 is 39.9 Å². The van der Waals surface area contributed by atoms with Crippen LogP contribution in [0.1, 0.15) is 22.3 Å². The quantitative estimate of drug-likeness (QED) is 0.122. The molecule has 1 N–H and O–H groups in total. The molecular formula is C35H29N2NaO7S2. The standard InChI is InChI=1S/C35H30N2O7S2.Na/c1-21-9-7-10-22(2)34(21)36-25-15-17-27-30(19-25)44-31-20-26(37(46(41,42)43)35-23(3)11-8-12-24(35)4)16-18-28(31)33(27)29-13-5-6-14-32(29)45(38,39)40;/h5-20H,1-4H3,(H2,38,39,40,41,42,43);/q;+1/p-1. The Balaban J connectivity index is 0.00000433. The summed E-state index contributed by atoms with van der Waals surface area (Å²) in [5, 5.41) is 3.98. The van der Waals surface area contributed by atoms with E-state index in [2.05, 4.69) is 5.32 Å². The molecule has 0 unspecified atom stereocenters. The van der Waals surface area contributed by atoms with Gasteiger partial charge in [0.25, 0.3) is 0 Å². The van der Waals surface area contributed by atoms with Crippen molar-refractivity contribution in [1.29, 1.82) is 0 Å². The third-order valence-corrected chi connectivity index (χ3v) is 9.72. The van der Waals surface area contributed by atoms with Crippen LogP contribution >= 0.6 is 0 Å². The molecule has 47 heavy (non-hydrogen) atoms. The van der Waals surface area contributed by atoms with Crippen LogP contribution < -0.4 is 44.2 Å². The summed E-state index contributed by atoms with van der Waals surface area (Å²) in [7, 11) is -9.94. The van der Waals surface area contributed by atoms with Crippen LogP contribution in [0, 0.1) is 27.7 Å². The Labute approximate surface area is 295 Å². The minimum Gasteiger partial charge on any atom is -0.744 e. The number of anilines is 2. The first-order chi connectivity index (χ1) is 21.7. The number of hydrogen-bond donors (Lipinski definition) is 1. The predicted molar refractivity (Wildman–Crippen MR) is 176 cm³/mol. The SMILES string of the molecule is Cc1cccc(C)c1Nc1ccc2c(-c3ccccc3S(=O)(=O)[O-])c3cc/c(=[N+](/c4c(C)cccc4C)S(=O)(=O)[O-])cc-3oc2c1.[Na+]. The van der Waals surface area contributed by atoms with Crippen molar-refractivity contribution in [2.75, 3.05) is 5.32 Å². The van der Waals surface area contributed by atoms with Gasteiger partial charge in [-0.25, -0.2) is 8.42 Å². The smallest absolute Gasteiger partial charge is 0.744 e. The van der Waals surface area contributed by atoms with Crippen LogP contribution in [0.15, 0.2) is 106 Å². The molecule has 4 aromatic rings. The van der Waals surface area contributed by atoms with Gasteiger partial charge in [0, 0.05) is 56.7 Å². The van der Waals surface area contributed by atoms with Gasteiger partial charge in [0.2, 0.25) is 11.0 Å². The molecule has 0 saturated carbocycles. The Bertz CT molecular complexity index is 2410. The normalized spacial score (nSPS) is 12.6. The third kappa shape index (κ3) is 6.66. The topological polar surface area (TPSA) is 143 Å². The summed E-state index contributed by atoms with van der Waals surface area (Å²) in [6.07, 6.45) is 0. The van der Waals surface area contributed by atoms with E-state index in [1.807, 2.05) is 38.1 Å². The summed E-state index contributed by atoms with van der Waals surface area (Å²) in [5.41, 5.74) is 6.33.